The van der Waals surface area contributed by atoms with Crippen LogP contribution in [0.15, 0.2) is 42.5 Å². The third kappa shape index (κ3) is 4.01. The van der Waals surface area contributed by atoms with Crippen LogP contribution >= 0.6 is 0 Å². The van der Waals surface area contributed by atoms with Gasteiger partial charge in [0.25, 0.3) is 0 Å². The zero-order chi connectivity index (χ0) is 18.7. The first-order chi connectivity index (χ1) is 12.5. The van der Waals surface area contributed by atoms with Gasteiger partial charge in [-0.05, 0) is 61.1 Å². The Bertz CT molecular complexity index is 813. The maximum Gasteiger partial charge on any atom is 0.223 e. The summed E-state index contributed by atoms with van der Waals surface area (Å²) in [6.07, 6.45) is 3.66. The molecule has 2 aromatic carbocycles. The van der Waals surface area contributed by atoms with Gasteiger partial charge in [-0.3, -0.25) is 9.59 Å². The number of benzene rings is 2. The summed E-state index contributed by atoms with van der Waals surface area (Å²) >= 11 is 0. The van der Waals surface area contributed by atoms with Crippen molar-refractivity contribution in [1.29, 1.82) is 0 Å². The molecule has 0 spiro atoms. The fourth-order valence-electron chi connectivity index (χ4n) is 3.47. The van der Waals surface area contributed by atoms with E-state index in [4.69, 9.17) is 0 Å². The molecule has 4 heteroatoms. The van der Waals surface area contributed by atoms with Crippen molar-refractivity contribution in [1.82, 2.24) is 4.90 Å². The molecule has 0 saturated heterocycles. The van der Waals surface area contributed by atoms with E-state index in [1.807, 2.05) is 25.1 Å². The molecule has 0 aliphatic heterocycles. The number of hydrogen-bond donors (Lipinski definition) is 0. The quantitative estimate of drug-likeness (QED) is 0.717. The van der Waals surface area contributed by atoms with E-state index in [0.29, 0.717) is 5.56 Å². The molecule has 0 N–H and O–H groups in total. The van der Waals surface area contributed by atoms with E-state index in [1.54, 1.807) is 24.1 Å². The number of nitrogens with zero attached hydrogens (tertiary/aromatic N) is 1. The molecule has 3 rings (SSSR count). The average molecular weight is 353 g/mol. The summed E-state index contributed by atoms with van der Waals surface area (Å²) in [5, 5.41) is 0. The topological polar surface area (TPSA) is 37.4 Å². The predicted molar refractivity (Wildman–Crippen MR) is 99.6 cm³/mol. The molecular weight excluding hydrogens is 329 g/mol. The highest BCUT2D eigenvalue weighted by molar-refractivity contribution is 5.98. The number of ketones is 1. The SMILES string of the molecule is CC(c1ccc(F)cc1)N(C)C(=O)CCC(=O)c1ccc2c(c1)CCC2. The van der Waals surface area contributed by atoms with Crippen molar-refractivity contribution in [3.8, 4) is 0 Å². The van der Waals surface area contributed by atoms with Crippen LogP contribution in [-0.4, -0.2) is 23.6 Å². The lowest BCUT2D eigenvalue weighted by Gasteiger charge is -2.25. The number of fused-ring (bicyclic) bond motifs is 1. The molecule has 0 bridgehead atoms. The molecule has 0 radical (unpaired) electrons. The number of amides is 1. The van der Waals surface area contributed by atoms with Gasteiger partial charge in [-0.2, -0.15) is 0 Å². The van der Waals surface area contributed by atoms with E-state index in [2.05, 4.69) is 0 Å². The van der Waals surface area contributed by atoms with Crippen molar-refractivity contribution in [2.75, 3.05) is 7.05 Å². The fraction of sp³-hybridized carbons (Fsp3) is 0.364. The smallest absolute Gasteiger partial charge is 0.223 e. The lowest BCUT2D eigenvalue weighted by Crippen LogP contribution is -2.29. The molecule has 136 valence electrons. The van der Waals surface area contributed by atoms with Gasteiger partial charge in [-0.25, -0.2) is 4.39 Å². The minimum absolute atomic E-state index is 0.0101. The number of Topliss-reactive ketones (excluding diaryl/α,β-unsaturated/α-hetero) is 1. The van der Waals surface area contributed by atoms with Gasteiger partial charge in [0.15, 0.2) is 5.78 Å². The fourth-order valence-corrected chi connectivity index (χ4v) is 3.47. The number of hydrogen-bond acceptors (Lipinski definition) is 2. The highest BCUT2D eigenvalue weighted by Gasteiger charge is 2.19. The van der Waals surface area contributed by atoms with Crippen LogP contribution in [0.1, 0.15) is 59.3 Å². The number of carbonyl (C=O) groups excluding carboxylic acids is 2. The van der Waals surface area contributed by atoms with Crippen LogP contribution in [0.3, 0.4) is 0 Å². The first-order valence-electron chi connectivity index (χ1n) is 9.12. The van der Waals surface area contributed by atoms with Crippen molar-refractivity contribution in [3.05, 3.63) is 70.5 Å². The summed E-state index contributed by atoms with van der Waals surface area (Å²) in [6.45, 7) is 1.90. The third-order valence-corrected chi connectivity index (χ3v) is 5.31. The molecule has 1 amide bonds. The molecule has 0 aromatic heterocycles. The van der Waals surface area contributed by atoms with Crippen LogP contribution in [0.2, 0.25) is 0 Å². The van der Waals surface area contributed by atoms with E-state index in [9.17, 15) is 14.0 Å². The molecule has 1 aliphatic carbocycles. The monoisotopic (exact) mass is 353 g/mol. The average Bonchev–Trinajstić information content (AvgIpc) is 3.13. The second-order valence-corrected chi connectivity index (χ2v) is 6.99. The molecule has 3 nitrogen and oxygen atoms in total. The summed E-state index contributed by atoms with van der Waals surface area (Å²) in [5.74, 6) is -0.373. The van der Waals surface area contributed by atoms with Crippen molar-refractivity contribution in [2.24, 2.45) is 0 Å². The summed E-state index contributed by atoms with van der Waals surface area (Å²) < 4.78 is 13.0. The summed E-state index contributed by atoms with van der Waals surface area (Å²) in [4.78, 5) is 26.5. The van der Waals surface area contributed by atoms with Gasteiger partial charge in [0.1, 0.15) is 5.82 Å². The summed E-state index contributed by atoms with van der Waals surface area (Å²) in [7, 11) is 1.72. The molecule has 0 saturated carbocycles. The summed E-state index contributed by atoms with van der Waals surface area (Å²) in [5.41, 5.74) is 4.18. The van der Waals surface area contributed by atoms with Crippen molar-refractivity contribution < 1.29 is 14.0 Å². The molecule has 2 aromatic rings. The normalized spacial score (nSPS) is 14.0. The van der Waals surface area contributed by atoms with Crippen LogP contribution in [0.5, 0.6) is 0 Å². The van der Waals surface area contributed by atoms with E-state index in [0.717, 1.165) is 24.8 Å². The highest BCUT2D eigenvalue weighted by Crippen LogP contribution is 2.24. The zero-order valence-electron chi connectivity index (χ0n) is 15.3. The van der Waals surface area contributed by atoms with Crippen LogP contribution in [0, 0.1) is 5.82 Å². The lowest BCUT2D eigenvalue weighted by molar-refractivity contribution is -0.131. The molecule has 1 atom stereocenters. The van der Waals surface area contributed by atoms with Gasteiger partial charge >= 0.3 is 0 Å². The minimum Gasteiger partial charge on any atom is -0.339 e. The molecule has 26 heavy (non-hydrogen) atoms. The maximum absolute atomic E-state index is 13.0. The van der Waals surface area contributed by atoms with Crippen molar-refractivity contribution in [3.63, 3.8) is 0 Å². The van der Waals surface area contributed by atoms with Gasteiger partial charge in [-0.1, -0.05) is 24.3 Å². The number of rotatable bonds is 6. The Morgan fingerprint density at radius 2 is 1.73 bits per heavy atom. The number of halogens is 1. The van der Waals surface area contributed by atoms with E-state index >= 15 is 0 Å². The largest absolute Gasteiger partial charge is 0.339 e. The standard InChI is InChI=1S/C22H24FNO2/c1-15(16-8-10-20(23)11-9-16)24(2)22(26)13-12-21(25)19-7-6-17-4-3-5-18(17)14-19/h6-11,14-15H,3-5,12-13H2,1-2H3. The third-order valence-electron chi connectivity index (χ3n) is 5.31. The highest BCUT2D eigenvalue weighted by atomic mass is 19.1. The zero-order valence-corrected chi connectivity index (χ0v) is 15.3. The molecule has 1 unspecified atom stereocenters. The van der Waals surface area contributed by atoms with Gasteiger partial charge < -0.3 is 4.90 Å². The Kier molecular flexibility index (Phi) is 5.50. The minimum atomic E-state index is -0.296. The van der Waals surface area contributed by atoms with Crippen molar-refractivity contribution >= 4 is 11.7 Å². The Balaban J connectivity index is 1.57. The van der Waals surface area contributed by atoms with Crippen LogP contribution < -0.4 is 0 Å². The predicted octanol–water partition coefficient (Wildman–Crippen LogP) is 4.50. The first-order valence-corrected chi connectivity index (χ1v) is 9.12. The van der Waals surface area contributed by atoms with Crippen molar-refractivity contribution in [2.45, 2.75) is 45.1 Å². The van der Waals surface area contributed by atoms with E-state index in [1.165, 1.54) is 23.3 Å². The second-order valence-electron chi connectivity index (χ2n) is 6.99. The van der Waals surface area contributed by atoms with Crippen LogP contribution in [0.4, 0.5) is 4.39 Å². The van der Waals surface area contributed by atoms with Crippen LogP contribution in [0.25, 0.3) is 0 Å². The van der Waals surface area contributed by atoms with Crippen LogP contribution in [-0.2, 0) is 17.6 Å². The lowest BCUT2D eigenvalue weighted by atomic mass is 10.0. The van der Waals surface area contributed by atoms with Gasteiger partial charge in [-0.15, -0.1) is 0 Å². The van der Waals surface area contributed by atoms with E-state index in [-0.39, 0.29) is 36.4 Å². The Hall–Kier alpha value is -2.49. The van der Waals surface area contributed by atoms with Gasteiger partial charge in [0, 0.05) is 25.5 Å². The maximum atomic E-state index is 13.0. The summed E-state index contributed by atoms with van der Waals surface area (Å²) in [6, 6.07) is 11.9. The molecule has 1 aliphatic rings. The molecular formula is C22H24FNO2. The van der Waals surface area contributed by atoms with E-state index < -0.39 is 0 Å². The number of aryl methyl sites for hydroxylation is 2. The Morgan fingerprint density at radius 3 is 2.46 bits per heavy atom. The Morgan fingerprint density at radius 1 is 1.04 bits per heavy atom. The molecule has 0 heterocycles. The first kappa shape index (κ1) is 18.3. The van der Waals surface area contributed by atoms with Gasteiger partial charge in [0.05, 0.1) is 6.04 Å². The van der Waals surface area contributed by atoms with Gasteiger partial charge in [0.2, 0.25) is 5.91 Å². The number of carbonyl (C=O) groups is 2. The second kappa shape index (κ2) is 7.81. The Labute approximate surface area is 153 Å². The molecule has 0 fully saturated rings.